The number of carbonyl (C=O) groups is 2. The second-order valence-corrected chi connectivity index (χ2v) is 15.9. The quantitative estimate of drug-likeness (QED) is 0.192. The lowest BCUT2D eigenvalue weighted by Gasteiger charge is -2.60. The average Bonchev–Trinajstić information content (AvgIpc) is 3.15. The fourth-order valence-electron chi connectivity index (χ4n) is 7.63. The summed E-state index contributed by atoms with van der Waals surface area (Å²) in [4.78, 5) is 38.8. The summed E-state index contributed by atoms with van der Waals surface area (Å²) < 4.78 is 24.1. The van der Waals surface area contributed by atoms with Crippen LogP contribution in [0.25, 0.3) is 0 Å². The van der Waals surface area contributed by atoms with Crippen molar-refractivity contribution in [1.29, 1.82) is 0 Å². The van der Waals surface area contributed by atoms with Crippen LogP contribution in [0.15, 0.2) is 0 Å². The highest BCUT2D eigenvalue weighted by Crippen LogP contribution is 2.60. The Balaban J connectivity index is 1.19. The molecule has 1 spiro atoms. The number of ether oxygens (including phenoxy) is 4. The molecule has 0 unspecified atom stereocenters. The molecule has 260 valence electrons. The molecule has 4 saturated heterocycles. The van der Waals surface area contributed by atoms with Crippen molar-refractivity contribution in [3.63, 3.8) is 0 Å². The molecule has 11 nitrogen and oxygen atoms in total. The van der Waals surface area contributed by atoms with Crippen LogP contribution in [0.3, 0.4) is 0 Å². The van der Waals surface area contributed by atoms with Gasteiger partial charge in [-0.3, -0.25) is 0 Å². The standard InChI is InChI=1S/C34H61N3O8/c1-23-13-14-26-24(2)27(40-28-34(26)25(23)15-17-33(9,41-28)44-45-34)16-20-35-18-10-11-21-37(30(39)43-32(6,7)8)22-12-19-36-29(38)42-31(3,4)5/h23-28,35H,10-22H2,1-9H3,(H,36,38)/t23-,24-,25+,26+,27-,28-,33-,34-/m1/s1. The van der Waals surface area contributed by atoms with E-state index in [0.717, 1.165) is 51.6 Å². The van der Waals surface area contributed by atoms with E-state index >= 15 is 0 Å². The molecule has 2 amide bonds. The normalized spacial score (nSPS) is 34.4. The Morgan fingerprint density at radius 3 is 2.29 bits per heavy atom. The van der Waals surface area contributed by atoms with Gasteiger partial charge in [-0.2, -0.15) is 0 Å². The van der Waals surface area contributed by atoms with Crippen molar-refractivity contribution in [3.05, 3.63) is 0 Å². The number of fused-ring (bicyclic) bond motifs is 2. The molecule has 4 aliphatic heterocycles. The number of rotatable bonds is 12. The third-order valence-electron chi connectivity index (χ3n) is 9.86. The zero-order chi connectivity index (χ0) is 33.0. The van der Waals surface area contributed by atoms with Crippen LogP contribution in [-0.4, -0.2) is 84.8 Å². The highest BCUT2D eigenvalue weighted by Gasteiger charge is 2.69. The fraction of sp³-hybridized carbons (Fsp3) is 0.941. The Morgan fingerprint density at radius 2 is 1.58 bits per heavy atom. The van der Waals surface area contributed by atoms with Crippen LogP contribution in [0.4, 0.5) is 9.59 Å². The molecular formula is C34H61N3O8. The van der Waals surface area contributed by atoms with Gasteiger partial charge in [0.2, 0.25) is 5.79 Å². The molecule has 8 atom stereocenters. The van der Waals surface area contributed by atoms with E-state index in [0.29, 0.717) is 49.7 Å². The topological polar surface area (TPSA) is 117 Å². The summed E-state index contributed by atoms with van der Waals surface area (Å²) in [7, 11) is 0. The van der Waals surface area contributed by atoms with Gasteiger partial charge in [0.1, 0.15) is 11.2 Å². The van der Waals surface area contributed by atoms with Crippen molar-refractivity contribution in [2.24, 2.45) is 23.7 Å². The Bertz CT molecular complexity index is 999. The zero-order valence-electron chi connectivity index (χ0n) is 29.4. The monoisotopic (exact) mass is 639 g/mol. The molecule has 2 bridgehead atoms. The number of hydrogen-bond donors (Lipinski definition) is 2. The molecule has 2 N–H and O–H groups in total. The first-order valence-electron chi connectivity index (χ1n) is 17.4. The van der Waals surface area contributed by atoms with Gasteiger partial charge in [-0.15, -0.1) is 0 Å². The number of alkyl carbamates (subject to hydrolysis) is 1. The minimum Gasteiger partial charge on any atom is -0.444 e. The molecule has 5 rings (SSSR count). The second kappa shape index (κ2) is 14.6. The van der Waals surface area contributed by atoms with Gasteiger partial charge in [0.25, 0.3) is 0 Å². The summed E-state index contributed by atoms with van der Waals surface area (Å²) in [5, 5.41) is 6.35. The SMILES string of the molecule is C[C@H]1[C@@H](CCNCCCCN(CCCNC(=O)OC(C)(C)C)C(=O)OC(C)(C)C)O[C@@H]2O[C@@]3(C)CC[C@H]4[C@H](C)CC[C@@H]1[C@@]24OO3. The minimum atomic E-state index is -0.747. The van der Waals surface area contributed by atoms with Crippen molar-refractivity contribution >= 4 is 12.2 Å². The third kappa shape index (κ3) is 9.24. The highest BCUT2D eigenvalue weighted by atomic mass is 17.3. The predicted octanol–water partition coefficient (Wildman–Crippen LogP) is 6.15. The van der Waals surface area contributed by atoms with E-state index in [9.17, 15) is 9.59 Å². The van der Waals surface area contributed by atoms with Gasteiger partial charge in [-0.05, 0) is 124 Å². The predicted molar refractivity (Wildman–Crippen MR) is 170 cm³/mol. The molecule has 45 heavy (non-hydrogen) atoms. The summed E-state index contributed by atoms with van der Waals surface area (Å²) in [5.74, 6) is 0.894. The van der Waals surface area contributed by atoms with Gasteiger partial charge in [0.05, 0.1) is 6.10 Å². The maximum atomic E-state index is 12.9. The average molecular weight is 640 g/mol. The van der Waals surface area contributed by atoms with E-state index in [1.807, 2.05) is 48.5 Å². The molecule has 0 aromatic carbocycles. The molecule has 4 heterocycles. The van der Waals surface area contributed by atoms with E-state index in [1.165, 1.54) is 6.42 Å². The number of amides is 2. The van der Waals surface area contributed by atoms with Crippen molar-refractivity contribution in [1.82, 2.24) is 15.5 Å². The molecule has 5 aliphatic rings. The smallest absolute Gasteiger partial charge is 0.410 e. The molecule has 0 aromatic heterocycles. The first-order valence-corrected chi connectivity index (χ1v) is 17.4. The molecule has 5 fully saturated rings. The molecule has 0 aromatic rings. The van der Waals surface area contributed by atoms with Gasteiger partial charge in [-0.25, -0.2) is 19.4 Å². The highest BCUT2D eigenvalue weighted by molar-refractivity contribution is 5.68. The van der Waals surface area contributed by atoms with Crippen LogP contribution >= 0.6 is 0 Å². The molecule has 1 saturated carbocycles. The van der Waals surface area contributed by atoms with Gasteiger partial charge in [0, 0.05) is 32.0 Å². The van der Waals surface area contributed by atoms with E-state index in [4.69, 9.17) is 28.7 Å². The summed E-state index contributed by atoms with van der Waals surface area (Å²) in [6.07, 6.45) is 6.39. The summed E-state index contributed by atoms with van der Waals surface area (Å²) in [6.45, 7) is 20.9. The summed E-state index contributed by atoms with van der Waals surface area (Å²) in [6, 6.07) is 0. The number of nitrogens with one attached hydrogen (secondary N) is 2. The van der Waals surface area contributed by atoms with Crippen LogP contribution in [0, 0.1) is 23.7 Å². The molecular weight excluding hydrogens is 578 g/mol. The lowest BCUT2D eigenvalue weighted by atomic mass is 9.57. The van der Waals surface area contributed by atoms with Crippen LogP contribution in [0.1, 0.15) is 114 Å². The first kappa shape index (κ1) is 36.2. The minimum absolute atomic E-state index is 0.0932. The number of hydrogen-bond acceptors (Lipinski definition) is 9. The number of carbonyl (C=O) groups excluding carboxylic acids is 2. The van der Waals surface area contributed by atoms with E-state index < -0.39 is 35.0 Å². The van der Waals surface area contributed by atoms with Crippen molar-refractivity contribution in [2.45, 2.75) is 149 Å². The summed E-state index contributed by atoms with van der Waals surface area (Å²) >= 11 is 0. The van der Waals surface area contributed by atoms with Gasteiger partial charge < -0.3 is 34.5 Å². The van der Waals surface area contributed by atoms with E-state index in [1.54, 1.807) is 4.90 Å². The van der Waals surface area contributed by atoms with Crippen molar-refractivity contribution in [2.75, 3.05) is 32.7 Å². The van der Waals surface area contributed by atoms with E-state index in [-0.39, 0.29) is 12.2 Å². The maximum Gasteiger partial charge on any atom is 0.410 e. The number of unbranched alkanes of at least 4 members (excludes halogenated alkanes) is 1. The molecule has 1 aliphatic carbocycles. The third-order valence-corrected chi connectivity index (χ3v) is 9.86. The lowest BCUT2D eigenvalue weighted by Crippen LogP contribution is -2.70. The van der Waals surface area contributed by atoms with Gasteiger partial charge >= 0.3 is 12.2 Å². The van der Waals surface area contributed by atoms with Crippen molar-refractivity contribution in [3.8, 4) is 0 Å². The molecule has 0 radical (unpaired) electrons. The van der Waals surface area contributed by atoms with Crippen LogP contribution in [-0.2, 0) is 28.7 Å². The van der Waals surface area contributed by atoms with E-state index in [2.05, 4.69) is 24.5 Å². The first-order chi connectivity index (χ1) is 21.0. The Hall–Kier alpha value is -1.66. The number of nitrogens with zero attached hydrogens (tertiary/aromatic N) is 1. The van der Waals surface area contributed by atoms with Crippen LogP contribution in [0.5, 0.6) is 0 Å². The molecule has 11 heteroatoms. The lowest BCUT2D eigenvalue weighted by molar-refractivity contribution is -0.571. The summed E-state index contributed by atoms with van der Waals surface area (Å²) in [5.41, 5.74) is -1.63. The largest absolute Gasteiger partial charge is 0.444 e. The Labute approximate surface area is 271 Å². The van der Waals surface area contributed by atoms with Gasteiger partial charge in [0.15, 0.2) is 11.9 Å². The van der Waals surface area contributed by atoms with Gasteiger partial charge in [-0.1, -0.05) is 13.8 Å². The zero-order valence-corrected chi connectivity index (χ0v) is 29.4. The second-order valence-electron chi connectivity index (χ2n) is 15.9. The fourth-order valence-corrected chi connectivity index (χ4v) is 7.63. The van der Waals surface area contributed by atoms with Crippen LogP contribution in [0.2, 0.25) is 0 Å². The Kier molecular flexibility index (Phi) is 11.8. The van der Waals surface area contributed by atoms with Crippen molar-refractivity contribution < 1.29 is 38.3 Å². The Morgan fingerprint density at radius 1 is 0.867 bits per heavy atom. The van der Waals surface area contributed by atoms with Crippen LogP contribution < -0.4 is 10.6 Å². The maximum absolute atomic E-state index is 12.9.